The molecule has 0 saturated heterocycles. The van der Waals surface area contributed by atoms with E-state index in [1.165, 1.54) is 6.92 Å². The Kier molecular flexibility index (Phi) is 17.2. The molecule has 0 heterocycles. The lowest BCUT2D eigenvalue weighted by atomic mass is 9.73. The highest BCUT2D eigenvalue weighted by Crippen LogP contribution is 2.39. The summed E-state index contributed by atoms with van der Waals surface area (Å²) in [7, 11) is 0. The van der Waals surface area contributed by atoms with Crippen LogP contribution >= 0.6 is 0 Å². The van der Waals surface area contributed by atoms with Crippen LogP contribution in [0.1, 0.15) is 87.8 Å². The van der Waals surface area contributed by atoms with Crippen molar-refractivity contribution in [3.8, 4) is 5.75 Å². The summed E-state index contributed by atoms with van der Waals surface area (Å²) in [6, 6.07) is 24.7. The molecule has 0 spiro atoms. The number of aromatic hydroxyl groups is 1. The zero-order valence-electron chi connectivity index (χ0n) is 36.5. The van der Waals surface area contributed by atoms with Gasteiger partial charge in [-0.05, 0) is 97.4 Å². The van der Waals surface area contributed by atoms with Crippen LogP contribution in [0.2, 0.25) is 0 Å². The van der Waals surface area contributed by atoms with Crippen LogP contribution in [0.5, 0.6) is 5.75 Å². The van der Waals surface area contributed by atoms with Gasteiger partial charge < -0.3 is 48.9 Å². The number of rotatable bonds is 21. The summed E-state index contributed by atoms with van der Waals surface area (Å²) >= 11 is 0. The zero-order chi connectivity index (χ0) is 46.2. The lowest BCUT2D eigenvalue weighted by molar-refractivity contribution is -0.138. The molecule has 1 aliphatic rings. The number of phenols is 1. The second kappa shape index (κ2) is 22.9. The minimum Gasteiger partial charge on any atom is -0.508 e. The van der Waals surface area contributed by atoms with Gasteiger partial charge in [0, 0.05) is 25.8 Å². The van der Waals surface area contributed by atoms with Crippen LogP contribution in [0.25, 0.3) is 10.8 Å². The van der Waals surface area contributed by atoms with E-state index in [-0.39, 0.29) is 62.2 Å². The zero-order valence-corrected chi connectivity index (χ0v) is 36.5. The molecule has 0 bridgehead atoms. The molecule has 4 atom stereocenters. The minimum absolute atomic E-state index is 0.0364. The molecule has 16 heteroatoms. The van der Waals surface area contributed by atoms with E-state index in [0.717, 1.165) is 27.5 Å². The summed E-state index contributed by atoms with van der Waals surface area (Å²) in [6.45, 7) is 3.44. The molecule has 0 radical (unpaired) electrons. The topological polar surface area (TPSA) is 273 Å². The molecule has 340 valence electrons. The maximum atomic E-state index is 14.6. The molecule has 0 aliphatic heterocycles. The fraction of sp³-hybridized carbons (Fsp3) is 0.396. The Hall–Kier alpha value is -6.97. The van der Waals surface area contributed by atoms with Gasteiger partial charge in [0.25, 0.3) is 0 Å². The SMILES string of the molecule is CCCC(=O)NC1(C(=O)N[C@H](Cc2ccccc2)C(=O)N[C@@H](CCCN=C(N)N)C(=O)N[C@@H](Cc2ccc3ccccc3c2)C(=O)N[C@@H](C)C(N)=O)CCC(c2ccc(O)cc2)CC1. The number of hydrogen-bond acceptors (Lipinski definition) is 8. The van der Waals surface area contributed by atoms with Crippen molar-refractivity contribution < 1.29 is 33.9 Å². The van der Waals surface area contributed by atoms with E-state index in [1.54, 1.807) is 12.1 Å². The lowest BCUT2D eigenvalue weighted by Gasteiger charge is -2.40. The number of guanidine groups is 1. The third-order valence-corrected chi connectivity index (χ3v) is 11.6. The number of phenolic OH excluding ortho intramolecular Hbond substituents is 1. The number of aliphatic imine (C=N–C) groups is 1. The van der Waals surface area contributed by atoms with Crippen molar-refractivity contribution in [3.05, 3.63) is 114 Å². The summed E-state index contributed by atoms with van der Waals surface area (Å²) in [5, 5.41) is 25.9. The molecule has 12 N–H and O–H groups in total. The van der Waals surface area contributed by atoms with Crippen LogP contribution < -0.4 is 43.8 Å². The van der Waals surface area contributed by atoms with Gasteiger partial charge in [0.2, 0.25) is 35.4 Å². The molecule has 6 amide bonds. The second-order valence-electron chi connectivity index (χ2n) is 16.6. The first kappa shape index (κ1) is 48.1. The molecule has 4 aromatic carbocycles. The summed E-state index contributed by atoms with van der Waals surface area (Å²) in [5.41, 5.74) is 17.7. The van der Waals surface area contributed by atoms with Crippen molar-refractivity contribution in [2.24, 2.45) is 22.2 Å². The molecular weight excluding hydrogens is 815 g/mol. The Morgan fingerprint density at radius 2 is 1.31 bits per heavy atom. The molecule has 5 rings (SSSR count). The van der Waals surface area contributed by atoms with Crippen LogP contribution in [0, 0.1) is 0 Å². The van der Waals surface area contributed by atoms with E-state index in [9.17, 15) is 33.9 Å². The van der Waals surface area contributed by atoms with Gasteiger partial charge in [-0.25, -0.2) is 0 Å². The van der Waals surface area contributed by atoms with Gasteiger partial charge in [-0.1, -0.05) is 91.9 Å². The normalized spacial score (nSPS) is 17.7. The maximum Gasteiger partial charge on any atom is 0.246 e. The number of nitrogens with zero attached hydrogens (tertiary/aromatic N) is 1. The predicted molar refractivity (Wildman–Crippen MR) is 245 cm³/mol. The molecule has 1 saturated carbocycles. The monoisotopic (exact) mass is 875 g/mol. The number of carbonyl (C=O) groups is 6. The maximum absolute atomic E-state index is 14.6. The van der Waals surface area contributed by atoms with Gasteiger partial charge in [-0.2, -0.15) is 0 Å². The minimum atomic E-state index is -1.32. The average molecular weight is 876 g/mol. The first-order chi connectivity index (χ1) is 30.7. The molecule has 4 aromatic rings. The largest absolute Gasteiger partial charge is 0.508 e. The van der Waals surface area contributed by atoms with Crippen molar-refractivity contribution in [3.63, 3.8) is 0 Å². The van der Waals surface area contributed by atoms with Gasteiger partial charge in [-0.15, -0.1) is 0 Å². The van der Waals surface area contributed by atoms with Crippen LogP contribution in [0.15, 0.2) is 102 Å². The third kappa shape index (κ3) is 13.8. The average Bonchev–Trinajstić information content (AvgIpc) is 3.27. The van der Waals surface area contributed by atoms with Crippen molar-refractivity contribution in [2.75, 3.05) is 6.54 Å². The fourth-order valence-corrected chi connectivity index (χ4v) is 8.02. The number of nitrogens with one attached hydrogen (secondary N) is 5. The Bertz CT molecular complexity index is 2270. The molecule has 0 unspecified atom stereocenters. The highest BCUT2D eigenvalue weighted by atomic mass is 16.3. The van der Waals surface area contributed by atoms with E-state index in [2.05, 4.69) is 31.6 Å². The van der Waals surface area contributed by atoms with Gasteiger partial charge in [0.15, 0.2) is 5.96 Å². The Morgan fingerprint density at radius 3 is 1.97 bits per heavy atom. The molecular formula is C48H61N9O7. The van der Waals surface area contributed by atoms with Crippen LogP contribution in [0.3, 0.4) is 0 Å². The highest BCUT2D eigenvalue weighted by molar-refractivity contribution is 5.98. The van der Waals surface area contributed by atoms with Crippen molar-refractivity contribution in [2.45, 2.75) is 114 Å². The number of benzene rings is 4. The van der Waals surface area contributed by atoms with Crippen LogP contribution in [-0.4, -0.2) is 82.8 Å². The molecule has 16 nitrogen and oxygen atoms in total. The first-order valence-electron chi connectivity index (χ1n) is 21.8. The van der Waals surface area contributed by atoms with Crippen LogP contribution in [0.4, 0.5) is 0 Å². The Balaban J connectivity index is 1.42. The smallest absolute Gasteiger partial charge is 0.246 e. The van der Waals surface area contributed by atoms with Gasteiger partial charge in [0.1, 0.15) is 35.5 Å². The van der Waals surface area contributed by atoms with E-state index in [1.807, 2.05) is 91.9 Å². The third-order valence-electron chi connectivity index (χ3n) is 11.6. The molecule has 1 aliphatic carbocycles. The number of hydrogen-bond donors (Lipinski definition) is 9. The fourth-order valence-electron chi connectivity index (χ4n) is 8.02. The van der Waals surface area contributed by atoms with Crippen LogP contribution in [-0.2, 0) is 41.6 Å². The standard InChI is InChI=1S/C48H61N9O7/c1-3-10-41(59)57-48(24-22-35(23-25-48)34-18-20-37(58)21-19-34)46(64)56-40(28-31-11-5-4-6-12-31)45(63)54-38(15-9-26-52-47(50)51)43(61)55-39(44(62)53-30(2)42(49)60)29-32-16-17-33-13-7-8-14-36(33)27-32/h4-8,11-14,16-21,27,30,35,38-40,58H,3,9-10,15,22-26,28-29H2,1-2H3,(H2,49,60)(H,53,62)(H,54,63)(H,55,61)(H,56,64)(H,57,59)(H4,50,51,52)/t30-,35?,38-,39-,40+,48?/m0/s1. The quantitative estimate of drug-likeness (QED) is 0.0338. The van der Waals surface area contributed by atoms with E-state index in [0.29, 0.717) is 32.1 Å². The second-order valence-corrected chi connectivity index (χ2v) is 16.6. The number of amides is 6. The summed E-state index contributed by atoms with van der Waals surface area (Å²) in [5.74, 6) is -3.54. The molecule has 64 heavy (non-hydrogen) atoms. The summed E-state index contributed by atoms with van der Waals surface area (Å²) in [6.07, 6.45) is 2.87. The summed E-state index contributed by atoms with van der Waals surface area (Å²) in [4.78, 5) is 86.4. The lowest BCUT2D eigenvalue weighted by Crippen LogP contribution is -2.64. The molecule has 0 aromatic heterocycles. The first-order valence-corrected chi connectivity index (χ1v) is 21.8. The van der Waals surface area contributed by atoms with Gasteiger partial charge in [-0.3, -0.25) is 33.8 Å². The molecule has 1 fully saturated rings. The predicted octanol–water partition coefficient (Wildman–Crippen LogP) is 2.84. The van der Waals surface area contributed by atoms with Crippen molar-refractivity contribution >= 4 is 52.2 Å². The number of primary amides is 1. The van der Waals surface area contributed by atoms with Crippen molar-refractivity contribution in [1.29, 1.82) is 0 Å². The Morgan fingerprint density at radius 1 is 0.719 bits per heavy atom. The Labute approximate surface area is 373 Å². The van der Waals surface area contributed by atoms with Gasteiger partial charge in [0.05, 0.1) is 0 Å². The van der Waals surface area contributed by atoms with E-state index in [4.69, 9.17) is 17.2 Å². The van der Waals surface area contributed by atoms with E-state index >= 15 is 0 Å². The number of nitrogens with two attached hydrogens (primary N) is 3. The van der Waals surface area contributed by atoms with E-state index < -0.39 is 59.2 Å². The number of fused-ring (bicyclic) bond motifs is 1. The summed E-state index contributed by atoms with van der Waals surface area (Å²) < 4.78 is 0. The van der Waals surface area contributed by atoms with Crippen molar-refractivity contribution in [1.82, 2.24) is 26.6 Å². The number of carbonyl (C=O) groups excluding carboxylic acids is 6. The highest BCUT2D eigenvalue weighted by Gasteiger charge is 2.44. The van der Waals surface area contributed by atoms with Gasteiger partial charge >= 0.3 is 0 Å².